The summed E-state index contributed by atoms with van der Waals surface area (Å²) in [5.74, 6) is -1.43. The van der Waals surface area contributed by atoms with Crippen molar-refractivity contribution in [1.82, 2.24) is 0 Å². The molecule has 0 saturated heterocycles. The van der Waals surface area contributed by atoms with E-state index >= 15 is 0 Å². The van der Waals surface area contributed by atoms with Crippen LogP contribution in [0.5, 0.6) is 0 Å². The van der Waals surface area contributed by atoms with Gasteiger partial charge in [0.2, 0.25) is 0 Å². The topological polar surface area (TPSA) is 66.8 Å². The summed E-state index contributed by atoms with van der Waals surface area (Å²) in [5.41, 5.74) is -0.120. The lowest BCUT2D eigenvalue weighted by Gasteiger charge is -2.17. The Balaban J connectivity index is 2.81. The molecule has 1 aromatic carbocycles. The van der Waals surface area contributed by atoms with Crippen molar-refractivity contribution in [3.05, 3.63) is 34.6 Å². The van der Waals surface area contributed by atoms with E-state index in [9.17, 15) is 19.4 Å². The third-order valence-corrected chi connectivity index (χ3v) is 2.48. The third kappa shape index (κ3) is 3.66. The molecule has 1 rings (SSSR count). The summed E-state index contributed by atoms with van der Waals surface area (Å²) in [6, 6.07) is 3.65. The fourth-order valence-electron chi connectivity index (χ4n) is 1.31. The van der Waals surface area contributed by atoms with E-state index in [1.807, 2.05) is 0 Å². The molecule has 0 saturated carbocycles. The highest BCUT2D eigenvalue weighted by molar-refractivity contribution is 6.30. The van der Waals surface area contributed by atoms with Gasteiger partial charge in [-0.2, -0.15) is 0 Å². The van der Waals surface area contributed by atoms with E-state index in [2.05, 4.69) is 4.74 Å². The second-order valence-corrected chi connectivity index (χ2v) is 3.89. The molecule has 17 heavy (non-hydrogen) atoms. The summed E-state index contributed by atoms with van der Waals surface area (Å²) in [6.07, 6.45) is -3.36. The van der Waals surface area contributed by atoms with Crippen molar-refractivity contribution in [2.24, 2.45) is 0 Å². The van der Waals surface area contributed by atoms with Crippen LogP contribution in [0.3, 0.4) is 0 Å². The standard InChI is InChI=1S/C11H12ClFO4/c1-17-10(15)5-9(14)11(16)7-3-2-6(12)4-8(7)13/h2-4,9,11,14,16H,5H2,1H3. The zero-order valence-corrected chi connectivity index (χ0v) is 9.82. The van der Waals surface area contributed by atoms with Gasteiger partial charge in [-0.25, -0.2) is 4.39 Å². The molecular weight excluding hydrogens is 251 g/mol. The van der Waals surface area contributed by atoms with Crippen LogP contribution in [0.15, 0.2) is 18.2 Å². The Morgan fingerprint density at radius 2 is 2.18 bits per heavy atom. The summed E-state index contributed by atoms with van der Waals surface area (Å²) in [6.45, 7) is 0. The van der Waals surface area contributed by atoms with Crippen molar-refractivity contribution >= 4 is 17.6 Å². The lowest BCUT2D eigenvalue weighted by Crippen LogP contribution is -2.23. The molecule has 0 fully saturated rings. The van der Waals surface area contributed by atoms with Gasteiger partial charge in [-0.15, -0.1) is 0 Å². The summed E-state index contributed by atoms with van der Waals surface area (Å²) < 4.78 is 17.7. The molecule has 1 aromatic rings. The third-order valence-electron chi connectivity index (χ3n) is 2.25. The number of benzene rings is 1. The molecule has 0 aromatic heterocycles. The van der Waals surface area contributed by atoms with Gasteiger partial charge in [0.1, 0.15) is 11.9 Å². The second-order valence-electron chi connectivity index (χ2n) is 3.46. The van der Waals surface area contributed by atoms with Crippen LogP contribution >= 0.6 is 11.6 Å². The first-order valence-electron chi connectivity index (χ1n) is 4.83. The van der Waals surface area contributed by atoms with Crippen LogP contribution in [0.2, 0.25) is 5.02 Å². The Morgan fingerprint density at radius 1 is 1.53 bits per heavy atom. The number of ether oxygens (including phenoxy) is 1. The Morgan fingerprint density at radius 3 is 2.71 bits per heavy atom. The van der Waals surface area contributed by atoms with Gasteiger partial charge in [-0.1, -0.05) is 17.7 Å². The summed E-state index contributed by atoms with van der Waals surface area (Å²) in [5, 5.41) is 19.4. The van der Waals surface area contributed by atoms with Gasteiger partial charge in [-0.3, -0.25) is 4.79 Å². The fraction of sp³-hybridized carbons (Fsp3) is 0.364. The average Bonchev–Trinajstić information content (AvgIpc) is 2.28. The molecule has 2 atom stereocenters. The lowest BCUT2D eigenvalue weighted by molar-refractivity contribution is -0.144. The zero-order valence-electron chi connectivity index (χ0n) is 9.06. The van der Waals surface area contributed by atoms with E-state index in [-0.39, 0.29) is 10.6 Å². The molecule has 0 bridgehead atoms. The Hall–Kier alpha value is -1.17. The molecule has 2 unspecified atom stereocenters. The van der Waals surface area contributed by atoms with Crippen LogP contribution in [-0.4, -0.2) is 29.4 Å². The lowest BCUT2D eigenvalue weighted by atomic mass is 10.0. The molecule has 0 radical (unpaired) electrons. The quantitative estimate of drug-likeness (QED) is 0.806. The number of halogens is 2. The van der Waals surface area contributed by atoms with Gasteiger partial charge in [0.25, 0.3) is 0 Å². The number of methoxy groups -OCH3 is 1. The number of carbonyl (C=O) groups excluding carboxylic acids is 1. The van der Waals surface area contributed by atoms with Crippen LogP contribution in [0.1, 0.15) is 18.1 Å². The normalized spacial score (nSPS) is 14.2. The maximum atomic E-state index is 13.4. The van der Waals surface area contributed by atoms with E-state index in [0.29, 0.717) is 0 Å². The first-order valence-corrected chi connectivity index (χ1v) is 5.21. The van der Waals surface area contributed by atoms with Crippen LogP contribution in [0.25, 0.3) is 0 Å². The van der Waals surface area contributed by atoms with Crippen molar-refractivity contribution in [1.29, 1.82) is 0 Å². The zero-order chi connectivity index (χ0) is 13.0. The van der Waals surface area contributed by atoms with Gasteiger partial charge >= 0.3 is 5.97 Å². The minimum Gasteiger partial charge on any atom is -0.469 e. The molecule has 2 N–H and O–H groups in total. The van der Waals surface area contributed by atoms with Crippen LogP contribution in [0.4, 0.5) is 4.39 Å². The van der Waals surface area contributed by atoms with Gasteiger partial charge in [0, 0.05) is 10.6 Å². The van der Waals surface area contributed by atoms with Crippen molar-refractivity contribution in [3.63, 3.8) is 0 Å². The number of aliphatic hydroxyl groups excluding tert-OH is 2. The number of esters is 1. The molecule has 0 aliphatic carbocycles. The van der Waals surface area contributed by atoms with Crippen LogP contribution < -0.4 is 0 Å². The molecule has 0 heterocycles. The number of aliphatic hydroxyl groups is 2. The van der Waals surface area contributed by atoms with Crippen molar-refractivity contribution in [3.8, 4) is 0 Å². The maximum absolute atomic E-state index is 13.4. The number of rotatable bonds is 4. The molecule has 0 aliphatic rings. The predicted molar refractivity (Wildman–Crippen MR) is 59.0 cm³/mol. The monoisotopic (exact) mass is 262 g/mol. The van der Waals surface area contributed by atoms with Crippen molar-refractivity contribution in [2.45, 2.75) is 18.6 Å². The minimum absolute atomic E-state index is 0.120. The molecular formula is C11H12ClFO4. The summed E-state index contributed by atoms with van der Waals surface area (Å²) >= 11 is 5.55. The van der Waals surface area contributed by atoms with Gasteiger partial charge in [-0.05, 0) is 12.1 Å². The van der Waals surface area contributed by atoms with E-state index < -0.39 is 30.4 Å². The van der Waals surface area contributed by atoms with E-state index in [1.165, 1.54) is 12.1 Å². The average molecular weight is 263 g/mol. The Kier molecular flexibility index (Phi) is 4.86. The molecule has 4 nitrogen and oxygen atoms in total. The van der Waals surface area contributed by atoms with E-state index in [4.69, 9.17) is 11.6 Å². The number of hydrogen-bond donors (Lipinski definition) is 2. The van der Waals surface area contributed by atoms with Gasteiger partial charge < -0.3 is 14.9 Å². The first kappa shape index (κ1) is 13.9. The Bertz CT molecular complexity index is 410. The largest absolute Gasteiger partial charge is 0.469 e. The molecule has 0 aliphatic heterocycles. The SMILES string of the molecule is COC(=O)CC(O)C(O)c1ccc(Cl)cc1F. The Labute approximate surface area is 103 Å². The van der Waals surface area contributed by atoms with Crippen LogP contribution in [-0.2, 0) is 9.53 Å². The predicted octanol–water partition coefficient (Wildman–Crippen LogP) is 1.44. The minimum atomic E-state index is -1.51. The summed E-state index contributed by atoms with van der Waals surface area (Å²) in [7, 11) is 1.16. The first-order chi connectivity index (χ1) is 7.95. The fourth-order valence-corrected chi connectivity index (χ4v) is 1.47. The molecule has 6 heteroatoms. The smallest absolute Gasteiger partial charge is 0.308 e. The number of carbonyl (C=O) groups is 1. The highest BCUT2D eigenvalue weighted by Gasteiger charge is 2.24. The molecule has 0 amide bonds. The van der Waals surface area contributed by atoms with Gasteiger partial charge in [0.15, 0.2) is 0 Å². The highest BCUT2D eigenvalue weighted by atomic mass is 35.5. The maximum Gasteiger partial charge on any atom is 0.308 e. The second kappa shape index (κ2) is 5.95. The van der Waals surface area contributed by atoms with E-state index in [0.717, 1.165) is 13.2 Å². The number of hydrogen-bond acceptors (Lipinski definition) is 4. The van der Waals surface area contributed by atoms with Gasteiger partial charge in [0.05, 0.1) is 19.6 Å². The van der Waals surface area contributed by atoms with Crippen molar-refractivity contribution in [2.75, 3.05) is 7.11 Å². The highest BCUT2D eigenvalue weighted by Crippen LogP contribution is 2.24. The molecule has 94 valence electrons. The summed E-state index contributed by atoms with van der Waals surface area (Å²) in [4.78, 5) is 10.9. The van der Waals surface area contributed by atoms with E-state index in [1.54, 1.807) is 0 Å². The van der Waals surface area contributed by atoms with Crippen LogP contribution in [0, 0.1) is 5.82 Å². The van der Waals surface area contributed by atoms with Crippen molar-refractivity contribution < 1.29 is 24.1 Å². The molecule has 0 spiro atoms.